The van der Waals surface area contributed by atoms with E-state index in [1.165, 1.54) is 0 Å². The third-order valence-corrected chi connectivity index (χ3v) is 2.29. The molecule has 0 heterocycles. The third-order valence-electron chi connectivity index (χ3n) is 1.96. The summed E-state index contributed by atoms with van der Waals surface area (Å²) in [6.07, 6.45) is 0. The molecule has 17 heavy (non-hydrogen) atoms. The van der Waals surface area contributed by atoms with Gasteiger partial charge in [0.15, 0.2) is 10.8 Å². The molecule has 0 saturated carbocycles. The van der Waals surface area contributed by atoms with E-state index >= 15 is 0 Å². The Morgan fingerprint density at radius 2 is 1.76 bits per heavy atom. The van der Waals surface area contributed by atoms with Crippen LogP contribution in [0.3, 0.4) is 0 Å². The van der Waals surface area contributed by atoms with E-state index in [1.807, 2.05) is 26.8 Å². The number of ether oxygens (including phenoxy) is 1. The molecule has 0 radical (unpaired) electrons. The van der Waals surface area contributed by atoms with E-state index in [4.69, 9.17) is 17.0 Å². The Bertz CT molecular complexity index is 441. The maximum Gasteiger partial charge on any atom is 0.197 e. The van der Waals surface area contributed by atoms with Crippen molar-refractivity contribution in [2.24, 2.45) is 0 Å². The topological polar surface area (TPSA) is 26.3 Å². The summed E-state index contributed by atoms with van der Waals surface area (Å²) in [5.41, 5.74) is 0.371. The molecule has 0 amide bonds. The predicted molar refractivity (Wildman–Crippen MR) is 73.3 cm³/mol. The highest BCUT2D eigenvalue weighted by Crippen LogP contribution is 2.15. The van der Waals surface area contributed by atoms with Gasteiger partial charge >= 0.3 is 0 Å². The van der Waals surface area contributed by atoms with Gasteiger partial charge in [0.05, 0.1) is 5.57 Å². The number of hydrogen-bond donors (Lipinski definition) is 0. The lowest BCUT2D eigenvalue weighted by Crippen LogP contribution is -2.25. The van der Waals surface area contributed by atoms with Crippen molar-refractivity contribution in [3.63, 3.8) is 0 Å². The molecule has 1 rings (SSSR count). The van der Waals surface area contributed by atoms with E-state index in [0.717, 1.165) is 0 Å². The Hall–Kier alpha value is -1.48. The molecule has 0 spiro atoms. The summed E-state index contributed by atoms with van der Waals surface area (Å²) in [5, 5.41) is 0.159. The molecule has 2 nitrogen and oxygen atoms in total. The number of thiocarbonyl (C=S) groups is 1. The van der Waals surface area contributed by atoms with Crippen LogP contribution in [0.1, 0.15) is 31.1 Å². The summed E-state index contributed by atoms with van der Waals surface area (Å²) < 4.78 is 5.45. The summed E-state index contributed by atoms with van der Waals surface area (Å²) in [6.45, 7) is 9.32. The van der Waals surface area contributed by atoms with Gasteiger partial charge in [0.1, 0.15) is 5.60 Å². The number of hydrogen-bond acceptors (Lipinski definition) is 3. The fourth-order valence-corrected chi connectivity index (χ4v) is 1.54. The lowest BCUT2D eigenvalue weighted by atomic mass is 10.1. The largest absolute Gasteiger partial charge is 0.477 e. The highest BCUT2D eigenvalue weighted by Gasteiger charge is 2.20. The maximum absolute atomic E-state index is 12.0. The first-order valence-electron chi connectivity index (χ1n) is 5.33. The number of carbonyl (C=O) groups excluding carboxylic acids is 1. The zero-order chi connectivity index (χ0) is 13.1. The van der Waals surface area contributed by atoms with Crippen LogP contribution in [0.15, 0.2) is 42.5 Å². The van der Waals surface area contributed by atoms with Crippen LogP contribution in [0.4, 0.5) is 0 Å². The van der Waals surface area contributed by atoms with Gasteiger partial charge in [-0.1, -0.05) is 36.9 Å². The second kappa shape index (κ2) is 5.23. The minimum absolute atomic E-state index is 0.159. The quantitative estimate of drug-likeness (QED) is 0.465. The summed E-state index contributed by atoms with van der Waals surface area (Å²) in [5.74, 6) is -0.195. The maximum atomic E-state index is 12.0. The molecular weight excluding hydrogens is 232 g/mol. The van der Waals surface area contributed by atoms with Gasteiger partial charge in [0, 0.05) is 5.56 Å². The second-order valence-corrected chi connectivity index (χ2v) is 5.05. The molecular formula is C14H16O2S. The Morgan fingerprint density at radius 1 is 1.24 bits per heavy atom. The summed E-state index contributed by atoms with van der Waals surface area (Å²) >= 11 is 5.06. The summed E-state index contributed by atoms with van der Waals surface area (Å²) in [4.78, 5) is 12.0. The molecule has 0 aliphatic heterocycles. The molecule has 1 aromatic carbocycles. The molecule has 1 aromatic rings. The van der Waals surface area contributed by atoms with Crippen LogP contribution in [0, 0.1) is 0 Å². The second-order valence-electron chi connectivity index (χ2n) is 4.68. The highest BCUT2D eigenvalue weighted by molar-refractivity contribution is 7.80. The van der Waals surface area contributed by atoms with Crippen molar-refractivity contribution in [1.82, 2.24) is 0 Å². The zero-order valence-corrected chi connectivity index (χ0v) is 11.1. The van der Waals surface area contributed by atoms with E-state index < -0.39 is 5.60 Å². The molecule has 0 aliphatic carbocycles. The lowest BCUT2D eigenvalue weighted by molar-refractivity contribution is 0.101. The molecule has 0 unspecified atom stereocenters. The average Bonchev–Trinajstić information content (AvgIpc) is 2.26. The Balaban J connectivity index is 2.78. The van der Waals surface area contributed by atoms with Crippen LogP contribution in [0.2, 0.25) is 0 Å². The van der Waals surface area contributed by atoms with Crippen molar-refractivity contribution in [1.29, 1.82) is 0 Å². The minimum atomic E-state index is -0.420. The van der Waals surface area contributed by atoms with Gasteiger partial charge in [-0.25, -0.2) is 0 Å². The first-order chi connectivity index (χ1) is 7.81. The molecule has 0 bridgehead atoms. The number of Topliss-reactive ketones (excluding diaryl/α,β-unsaturated/α-hetero) is 1. The molecule has 0 fully saturated rings. The third kappa shape index (κ3) is 4.11. The van der Waals surface area contributed by atoms with Crippen LogP contribution >= 0.6 is 12.2 Å². The van der Waals surface area contributed by atoms with Crippen molar-refractivity contribution in [3.05, 3.63) is 48.0 Å². The van der Waals surface area contributed by atoms with Gasteiger partial charge in [0.2, 0.25) is 0 Å². The fourth-order valence-electron chi connectivity index (χ4n) is 1.20. The smallest absolute Gasteiger partial charge is 0.197 e. The van der Waals surface area contributed by atoms with Gasteiger partial charge in [0.25, 0.3) is 0 Å². The molecule has 3 heteroatoms. The molecule has 0 aliphatic rings. The molecule has 0 saturated heterocycles. The summed E-state index contributed by atoms with van der Waals surface area (Å²) in [7, 11) is 0. The SMILES string of the molecule is C=C(C(=O)c1ccccc1)C(=S)OC(C)(C)C. The monoisotopic (exact) mass is 248 g/mol. The number of rotatable bonds is 3. The summed E-state index contributed by atoms with van der Waals surface area (Å²) in [6, 6.07) is 8.91. The average molecular weight is 248 g/mol. The van der Waals surface area contributed by atoms with Gasteiger partial charge < -0.3 is 4.74 Å². The molecule has 0 aromatic heterocycles. The fraction of sp³-hybridized carbons (Fsp3) is 0.286. The van der Waals surface area contributed by atoms with E-state index in [0.29, 0.717) is 5.56 Å². The predicted octanol–water partition coefficient (Wildman–Crippen LogP) is 3.57. The van der Waals surface area contributed by atoms with Crippen molar-refractivity contribution < 1.29 is 9.53 Å². The van der Waals surface area contributed by atoms with Crippen LogP contribution in [-0.2, 0) is 4.74 Å². The molecule has 0 atom stereocenters. The van der Waals surface area contributed by atoms with Crippen molar-refractivity contribution >= 4 is 23.1 Å². The van der Waals surface area contributed by atoms with Crippen LogP contribution in [0.25, 0.3) is 0 Å². The zero-order valence-electron chi connectivity index (χ0n) is 10.3. The van der Waals surface area contributed by atoms with Gasteiger partial charge in [-0.2, -0.15) is 0 Å². The minimum Gasteiger partial charge on any atom is -0.477 e. The Kier molecular flexibility index (Phi) is 4.18. The van der Waals surface area contributed by atoms with E-state index in [-0.39, 0.29) is 16.4 Å². The normalized spacial score (nSPS) is 10.8. The highest BCUT2D eigenvalue weighted by atomic mass is 32.1. The van der Waals surface area contributed by atoms with Crippen molar-refractivity contribution in [2.75, 3.05) is 0 Å². The molecule has 90 valence electrons. The number of benzene rings is 1. The van der Waals surface area contributed by atoms with E-state index in [2.05, 4.69) is 6.58 Å². The first kappa shape index (κ1) is 13.6. The van der Waals surface area contributed by atoms with Gasteiger partial charge in [-0.3, -0.25) is 4.79 Å². The lowest BCUT2D eigenvalue weighted by Gasteiger charge is -2.22. The standard InChI is InChI=1S/C14H16O2S/c1-10(13(17)16-14(2,3)4)12(15)11-8-6-5-7-9-11/h5-9H,1H2,2-4H3. The van der Waals surface area contributed by atoms with Gasteiger partial charge in [-0.15, -0.1) is 0 Å². The van der Waals surface area contributed by atoms with Crippen LogP contribution in [0.5, 0.6) is 0 Å². The van der Waals surface area contributed by atoms with Gasteiger partial charge in [-0.05, 0) is 33.0 Å². The van der Waals surface area contributed by atoms with Crippen molar-refractivity contribution in [3.8, 4) is 0 Å². The Morgan fingerprint density at radius 3 is 2.24 bits per heavy atom. The first-order valence-corrected chi connectivity index (χ1v) is 5.74. The van der Waals surface area contributed by atoms with E-state index in [1.54, 1.807) is 24.3 Å². The van der Waals surface area contributed by atoms with E-state index in [9.17, 15) is 4.79 Å². The number of ketones is 1. The number of carbonyl (C=O) groups is 1. The Labute approximate surface area is 107 Å². The van der Waals surface area contributed by atoms with Crippen LogP contribution < -0.4 is 0 Å². The van der Waals surface area contributed by atoms with Crippen LogP contribution in [-0.4, -0.2) is 16.4 Å². The molecule has 0 N–H and O–H groups in total. The van der Waals surface area contributed by atoms with Crippen molar-refractivity contribution in [2.45, 2.75) is 26.4 Å².